The zero-order valence-electron chi connectivity index (χ0n) is 11.4. The summed E-state index contributed by atoms with van der Waals surface area (Å²) < 4.78 is 5.42. The van der Waals surface area contributed by atoms with Gasteiger partial charge in [0.25, 0.3) is 0 Å². The molecule has 0 aromatic carbocycles. The molecule has 1 saturated heterocycles. The number of nitrogens with two attached hydrogens (primary N) is 1. The summed E-state index contributed by atoms with van der Waals surface area (Å²) in [6.07, 6.45) is 1.98. The molecule has 102 valence electrons. The van der Waals surface area contributed by atoms with Gasteiger partial charge in [0.1, 0.15) is 0 Å². The lowest BCUT2D eigenvalue weighted by atomic mass is 9.93. The van der Waals surface area contributed by atoms with E-state index in [0.29, 0.717) is 5.92 Å². The van der Waals surface area contributed by atoms with Crippen molar-refractivity contribution in [1.29, 1.82) is 0 Å². The van der Waals surface area contributed by atoms with Gasteiger partial charge >= 0.3 is 0 Å². The summed E-state index contributed by atoms with van der Waals surface area (Å²) in [5.41, 5.74) is 4.22. The van der Waals surface area contributed by atoms with E-state index in [9.17, 15) is 0 Å². The van der Waals surface area contributed by atoms with Crippen LogP contribution in [-0.2, 0) is 16.6 Å². The maximum atomic E-state index is 5.66. The molecule has 0 bridgehead atoms. The fourth-order valence-electron chi connectivity index (χ4n) is 2.17. The molecule has 2 atom stereocenters. The Morgan fingerprint density at radius 3 is 2.89 bits per heavy atom. The minimum Gasteiger partial charge on any atom is -0.381 e. The molecule has 1 aromatic heterocycles. The second-order valence-electron chi connectivity index (χ2n) is 5.98. The van der Waals surface area contributed by atoms with Crippen molar-refractivity contribution in [3.63, 3.8) is 0 Å². The lowest BCUT2D eigenvalue weighted by Gasteiger charge is -2.20. The Morgan fingerprint density at radius 2 is 2.39 bits per heavy atom. The van der Waals surface area contributed by atoms with E-state index < -0.39 is 0 Å². The molecular formula is C13H23N3OS. The number of hydrazine groups is 1. The Balaban J connectivity index is 2.01. The van der Waals surface area contributed by atoms with E-state index in [1.54, 1.807) is 11.3 Å². The van der Waals surface area contributed by atoms with Crippen LogP contribution in [0.25, 0.3) is 0 Å². The minimum absolute atomic E-state index is 0.122. The van der Waals surface area contributed by atoms with Crippen LogP contribution in [0.1, 0.15) is 37.9 Å². The van der Waals surface area contributed by atoms with Gasteiger partial charge in [-0.1, -0.05) is 20.8 Å². The fourth-order valence-corrected chi connectivity index (χ4v) is 3.25. The molecule has 0 amide bonds. The van der Waals surface area contributed by atoms with Crippen LogP contribution in [0.4, 0.5) is 0 Å². The molecule has 5 heteroatoms. The van der Waals surface area contributed by atoms with E-state index in [1.807, 2.05) is 0 Å². The van der Waals surface area contributed by atoms with Crippen LogP contribution in [0.15, 0.2) is 5.38 Å². The van der Waals surface area contributed by atoms with Crippen molar-refractivity contribution in [3.05, 3.63) is 16.1 Å². The molecule has 1 aliphatic rings. The molecule has 3 N–H and O–H groups in total. The number of nitrogens with one attached hydrogen (secondary N) is 1. The van der Waals surface area contributed by atoms with Crippen LogP contribution in [0.3, 0.4) is 0 Å². The van der Waals surface area contributed by atoms with Crippen molar-refractivity contribution in [1.82, 2.24) is 10.4 Å². The van der Waals surface area contributed by atoms with Crippen molar-refractivity contribution in [3.8, 4) is 0 Å². The zero-order chi connectivity index (χ0) is 13.2. The third-order valence-electron chi connectivity index (χ3n) is 3.46. The first-order valence-corrected chi connectivity index (χ1v) is 7.37. The molecule has 1 fully saturated rings. The highest BCUT2D eigenvalue weighted by atomic mass is 32.1. The van der Waals surface area contributed by atoms with Crippen molar-refractivity contribution in [2.24, 2.45) is 11.8 Å². The highest BCUT2D eigenvalue weighted by molar-refractivity contribution is 7.09. The molecule has 0 radical (unpaired) electrons. The van der Waals surface area contributed by atoms with Crippen LogP contribution >= 0.6 is 11.3 Å². The molecule has 1 aliphatic heterocycles. The van der Waals surface area contributed by atoms with Gasteiger partial charge in [0, 0.05) is 35.8 Å². The van der Waals surface area contributed by atoms with Gasteiger partial charge in [-0.3, -0.25) is 11.3 Å². The number of ether oxygens (including phenoxy) is 1. The molecule has 2 unspecified atom stereocenters. The van der Waals surface area contributed by atoms with E-state index in [-0.39, 0.29) is 11.5 Å². The predicted molar refractivity (Wildman–Crippen MR) is 74.6 cm³/mol. The third-order valence-corrected chi connectivity index (χ3v) is 4.33. The average molecular weight is 269 g/mol. The van der Waals surface area contributed by atoms with Gasteiger partial charge in [0.05, 0.1) is 17.3 Å². The number of rotatable bonds is 4. The first kappa shape index (κ1) is 13.9. The SMILES string of the molecule is CC(C)(C)c1csc(CC(NN)C2CCOC2)n1. The molecule has 2 rings (SSSR count). The van der Waals surface area contributed by atoms with Gasteiger partial charge in [0.2, 0.25) is 0 Å². The number of hydrogen-bond acceptors (Lipinski definition) is 5. The van der Waals surface area contributed by atoms with Crippen LogP contribution in [0.5, 0.6) is 0 Å². The summed E-state index contributed by atoms with van der Waals surface area (Å²) >= 11 is 1.73. The molecular weight excluding hydrogens is 246 g/mol. The normalized spacial score (nSPS) is 22.3. The summed E-state index contributed by atoms with van der Waals surface area (Å²) in [5, 5.41) is 3.32. The van der Waals surface area contributed by atoms with Crippen molar-refractivity contribution >= 4 is 11.3 Å². The monoisotopic (exact) mass is 269 g/mol. The van der Waals surface area contributed by atoms with E-state index in [1.165, 1.54) is 5.69 Å². The maximum absolute atomic E-state index is 5.66. The second-order valence-corrected chi connectivity index (χ2v) is 6.92. The van der Waals surface area contributed by atoms with Crippen LogP contribution in [-0.4, -0.2) is 24.2 Å². The highest BCUT2D eigenvalue weighted by Gasteiger charge is 2.26. The lowest BCUT2D eigenvalue weighted by molar-refractivity contribution is 0.176. The quantitative estimate of drug-likeness (QED) is 0.647. The number of aromatic nitrogens is 1. The van der Waals surface area contributed by atoms with Crippen LogP contribution in [0, 0.1) is 5.92 Å². The number of hydrogen-bond donors (Lipinski definition) is 2. The average Bonchev–Trinajstić information content (AvgIpc) is 2.95. The van der Waals surface area contributed by atoms with Gasteiger partial charge in [-0.05, 0) is 6.42 Å². The van der Waals surface area contributed by atoms with Gasteiger partial charge in [-0.2, -0.15) is 0 Å². The molecule has 1 aromatic rings. The van der Waals surface area contributed by atoms with Gasteiger partial charge < -0.3 is 4.74 Å². The topological polar surface area (TPSA) is 60.2 Å². The summed E-state index contributed by atoms with van der Waals surface area (Å²) in [4.78, 5) is 4.72. The molecule has 0 aliphatic carbocycles. The van der Waals surface area contributed by atoms with Gasteiger partial charge in [-0.25, -0.2) is 4.98 Å². The summed E-state index contributed by atoms with van der Waals surface area (Å²) in [6, 6.07) is 0.270. The van der Waals surface area contributed by atoms with Crippen molar-refractivity contribution in [2.75, 3.05) is 13.2 Å². The van der Waals surface area contributed by atoms with E-state index in [0.717, 1.165) is 31.1 Å². The Kier molecular flexibility index (Phi) is 4.37. The minimum atomic E-state index is 0.122. The zero-order valence-corrected chi connectivity index (χ0v) is 12.2. The van der Waals surface area contributed by atoms with Crippen molar-refractivity contribution < 1.29 is 4.74 Å². The number of thiazole rings is 1. The molecule has 0 saturated carbocycles. The van der Waals surface area contributed by atoms with E-state index >= 15 is 0 Å². The highest BCUT2D eigenvalue weighted by Crippen LogP contribution is 2.26. The number of nitrogens with zero attached hydrogens (tertiary/aromatic N) is 1. The predicted octanol–water partition coefficient (Wildman–Crippen LogP) is 1.85. The third kappa shape index (κ3) is 3.29. The fraction of sp³-hybridized carbons (Fsp3) is 0.769. The summed E-state index contributed by atoms with van der Waals surface area (Å²) in [5.74, 6) is 6.18. The lowest BCUT2D eigenvalue weighted by Crippen LogP contribution is -2.42. The Labute approximate surface area is 113 Å². The summed E-state index contributed by atoms with van der Waals surface area (Å²) in [7, 11) is 0. The Hall–Kier alpha value is -0.490. The second kappa shape index (κ2) is 5.65. The smallest absolute Gasteiger partial charge is 0.0944 e. The van der Waals surface area contributed by atoms with Gasteiger partial charge in [0.15, 0.2) is 0 Å². The van der Waals surface area contributed by atoms with Crippen LogP contribution < -0.4 is 11.3 Å². The van der Waals surface area contributed by atoms with E-state index in [4.69, 9.17) is 15.6 Å². The maximum Gasteiger partial charge on any atom is 0.0944 e. The summed E-state index contributed by atoms with van der Waals surface area (Å²) in [6.45, 7) is 8.24. The van der Waals surface area contributed by atoms with E-state index in [2.05, 4.69) is 31.6 Å². The standard InChI is InChI=1S/C13H23N3OS/c1-13(2,3)11-8-18-12(15-11)6-10(16-14)9-4-5-17-7-9/h8-10,16H,4-7,14H2,1-3H3. The molecule has 18 heavy (non-hydrogen) atoms. The molecule has 4 nitrogen and oxygen atoms in total. The largest absolute Gasteiger partial charge is 0.381 e. The first-order chi connectivity index (χ1) is 8.50. The Morgan fingerprint density at radius 1 is 1.61 bits per heavy atom. The van der Waals surface area contributed by atoms with Crippen LogP contribution in [0.2, 0.25) is 0 Å². The Bertz CT molecular complexity index is 380. The van der Waals surface area contributed by atoms with Gasteiger partial charge in [-0.15, -0.1) is 11.3 Å². The first-order valence-electron chi connectivity index (χ1n) is 6.49. The molecule has 0 spiro atoms. The van der Waals surface area contributed by atoms with Crippen molar-refractivity contribution in [2.45, 2.75) is 45.1 Å². The molecule has 2 heterocycles.